The van der Waals surface area contributed by atoms with Gasteiger partial charge in [-0.2, -0.15) is 0 Å². The Morgan fingerprint density at radius 1 is 1.19 bits per heavy atom. The minimum atomic E-state index is 0.268. The van der Waals surface area contributed by atoms with E-state index in [1.165, 1.54) is 12.8 Å². The number of likely N-dealkylation sites (tertiary alicyclic amines) is 1. The van der Waals surface area contributed by atoms with Crippen LogP contribution in [0.2, 0.25) is 0 Å². The molecule has 1 aromatic heterocycles. The summed E-state index contributed by atoms with van der Waals surface area (Å²) in [5.74, 6) is 1.93. The van der Waals surface area contributed by atoms with E-state index in [0.717, 1.165) is 64.5 Å². The average Bonchev–Trinajstić information content (AvgIpc) is 2.71. The third-order valence-corrected chi connectivity index (χ3v) is 5.61. The van der Waals surface area contributed by atoms with Crippen LogP contribution in [0, 0.1) is 5.92 Å². The average molecular weight is 361 g/mol. The van der Waals surface area contributed by atoms with E-state index >= 15 is 0 Å². The van der Waals surface area contributed by atoms with Crippen LogP contribution >= 0.6 is 0 Å². The van der Waals surface area contributed by atoms with Crippen molar-refractivity contribution in [1.82, 2.24) is 14.8 Å². The first kappa shape index (κ1) is 19.1. The predicted molar refractivity (Wildman–Crippen MR) is 103 cm³/mol. The van der Waals surface area contributed by atoms with Crippen LogP contribution in [-0.4, -0.2) is 78.2 Å². The van der Waals surface area contributed by atoms with Crippen molar-refractivity contribution in [3.63, 3.8) is 0 Å². The third-order valence-electron chi connectivity index (χ3n) is 5.61. The van der Waals surface area contributed by atoms with Gasteiger partial charge < -0.3 is 19.8 Å². The standard InChI is InChI=1S/C20H32N4O2/c25-16-4-11-22-10-3-5-18(17-22)7-8-20(26)24-14-12-23(13-15-24)19-6-1-2-9-21-19/h1-2,6,9,18,25H,3-5,7-8,10-17H2/t18-/m0/s1. The van der Waals surface area contributed by atoms with Crippen LogP contribution in [0.25, 0.3) is 0 Å². The number of nitrogens with zero attached hydrogens (tertiary/aromatic N) is 4. The summed E-state index contributed by atoms with van der Waals surface area (Å²) in [6.45, 7) is 6.79. The summed E-state index contributed by atoms with van der Waals surface area (Å²) in [4.78, 5) is 23.7. The summed E-state index contributed by atoms with van der Waals surface area (Å²) in [6, 6.07) is 5.97. The lowest BCUT2D eigenvalue weighted by molar-refractivity contribution is -0.131. The molecule has 2 aliphatic rings. The topological polar surface area (TPSA) is 59.9 Å². The Hall–Kier alpha value is -1.66. The SMILES string of the molecule is O=C(CC[C@@H]1CCCN(CCCO)C1)N1CCN(c2ccccn2)CC1. The van der Waals surface area contributed by atoms with Gasteiger partial charge in [-0.3, -0.25) is 4.79 Å². The number of carbonyl (C=O) groups is 1. The van der Waals surface area contributed by atoms with Crippen molar-refractivity contribution in [1.29, 1.82) is 0 Å². The molecule has 3 heterocycles. The number of aliphatic hydroxyl groups excluding tert-OH is 1. The molecule has 0 spiro atoms. The van der Waals surface area contributed by atoms with Crippen molar-refractivity contribution in [2.75, 3.05) is 57.3 Å². The van der Waals surface area contributed by atoms with E-state index in [0.29, 0.717) is 18.2 Å². The number of aliphatic hydroxyl groups is 1. The number of hydrogen-bond donors (Lipinski definition) is 1. The Morgan fingerprint density at radius 2 is 2.04 bits per heavy atom. The summed E-state index contributed by atoms with van der Waals surface area (Å²) < 4.78 is 0. The molecule has 0 radical (unpaired) electrons. The second kappa shape index (κ2) is 9.88. The van der Waals surface area contributed by atoms with Crippen molar-refractivity contribution >= 4 is 11.7 Å². The lowest BCUT2D eigenvalue weighted by atomic mass is 9.93. The first-order chi connectivity index (χ1) is 12.8. The molecular weight excluding hydrogens is 328 g/mol. The molecule has 6 nitrogen and oxygen atoms in total. The van der Waals surface area contributed by atoms with Crippen LogP contribution in [0.15, 0.2) is 24.4 Å². The second-order valence-electron chi connectivity index (χ2n) is 7.48. The third kappa shape index (κ3) is 5.42. The molecule has 0 bridgehead atoms. The molecule has 3 rings (SSSR count). The molecule has 2 saturated heterocycles. The molecule has 0 unspecified atom stereocenters. The number of carbonyl (C=O) groups excluding carboxylic acids is 1. The highest BCUT2D eigenvalue weighted by Crippen LogP contribution is 2.22. The van der Waals surface area contributed by atoms with Crippen molar-refractivity contribution in [2.45, 2.75) is 32.1 Å². The summed E-state index contributed by atoms with van der Waals surface area (Å²) in [6.07, 6.45) is 6.79. The molecular formula is C20H32N4O2. The number of amides is 1. The van der Waals surface area contributed by atoms with Gasteiger partial charge in [0.15, 0.2) is 0 Å². The monoisotopic (exact) mass is 360 g/mol. The highest BCUT2D eigenvalue weighted by Gasteiger charge is 2.24. The zero-order chi connectivity index (χ0) is 18.2. The summed E-state index contributed by atoms with van der Waals surface area (Å²) >= 11 is 0. The van der Waals surface area contributed by atoms with E-state index in [-0.39, 0.29) is 6.61 Å². The number of piperidine rings is 1. The molecule has 2 aliphatic heterocycles. The predicted octanol–water partition coefficient (Wildman–Crippen LogP) is 1.60. The van der Waals surface area contributed by atoms with Crippen LogP contribution in [-0.2, 0) is 4.79 Å². The molecule has 0 saturated carbocycles. The van der Waals surface area contributed by atoms with Crippen molar-refractivity contribution < 1.29 is 9.90 Å². The van der Waals surface area contributed by atoms with Gasteiger partial charge in [0.1, 0.15) is 5.82 Å². The molecule has 1 atom stereocenters. The quantitative estimate of drug-likeness (QED) is 0.800. The van der Waals surface area contributed by atoms with E-state index in [9.17, 15) is 4.79 Å². The normalized spacial score (nSPS) is 21.8. The molecule has 0 aliphatic carbocycles. The molecule has 6 heteroatoms. The van der Waals surface area contributed by atoms with Gasteiger partial charge in [0, 0.05) is 58.5 Å². The number of anilines is 1. The Kier molecular flexibility index (Phi) is 7.26. The van der Waals surface area contributed by atoms with E-state index < -0.39 is 0 Å². The van der Waals surface area contributed by atoms with Gasteiger partial charge in [-0.1, -0.05) is 6.07 Å². The molecule has 2 fully saturated rings. The maximum Gasteiger partial charge on any atom is 0.222 e. The molecule has 144 valence electrons. The fourth-order valence-electron chi connectivity index (χ4n) is 4.10. The van der Waals surface area contributed by atoms with Gasteiger partial charge in [0.25, 0.3) is 0 Å². The van der Waals surface area contributed by atoms with E-state index in [1.807, 2.05) is 29.3 Å². The Morgan fingerprint density at radius 3 is 2.77 bits per heavy atom. The number of pyridine rings is 1. The van der Waals surface area contributed by atoms with Crippen LogP contribution < -0.4 is 4.90 Å². The zero-order valence-corrected chi connectivity index (χ0v) is 15.7. The van der Waals surface area contributed by atoms with Gasteiger partial charge in [-0.05, 0) is 50.3 Å². The van der Waals surface area contributed by atoms with Crippen LogP contribution in [0.5, 0.6) is 0 Å². The Bertz CT molecular complexity index is 546. The van der Waals surface area contributed by atoms with Gasteiger partial charge in [0.05, 0.1) is 0 Å². The summed E-state index contributed by atoms with van der Waals surface area (Å²) in [5.41, 5.74) is 0. The van der Waals surface area contributed by atoms with Gasteiger partial charge in [-0.15, -0.1) is 0 Å². The minimum Gasteiger partial charge on any atom is -0.396 e. The first-order valence-electron chi connectivity index (χ1n) is 10.0. The van der Waals surface area contributed by atoms with E-state index in [1.54, 1.807) is 0 Å². The van der Waals surface area contributed by atoms with Crippen LogP contribution in [0.1, 0.15) is 32.1 Å². The Balaban J connectivity index is 1.38. The fourth-order valence-corrected chi connectivity index (χ4v) is 4.10. The van der Waals surface area contributed by atoms with Crippen LogP contribution in [0.3, 0.4) is 0 Å². The van der Waals surface area contributed by atoms with E-state index in [4.69, 9.17) is 5.11 Å². The number of rotatable bonds is 7. The largest absolute Gasteiger partial charge is 0.396 e. The summed E-state index contributed by atoms with van der Waals surface area (Å²) in [7, 11) is 0. The van der Waals surface area contributed by atoms with Gasteiger partial charge in [-0.25, -0.2) is 4.98 Å². The first-order valence-corrected chi connectivity index (χ1v) is 10.0. The van der Waals surface area contributed by atoms with Gasteiger partial charge in [0.2, 0.25) is 5.91 Å². The second-order valence-corrected chi connectivity index (χ2v) is 7.48. The van der Waals surface area contributed by atoms with Crippen LogP contribution in [0.4, 0.5) is 5.82 Å². The Labute approximate surface area is 156 Å². The minimum absolute atomic E-state index is 0.268. The maximum absolute atomic E-state index is 12.6. The maximum atomic E-state index is 12.6. The smallest absolute Gasteiger partial charge is 0.222 e. The molecule has 1 amide bonds. The number of piperazine rings is 1. The lowest BCUT2D eigenvalue weighted by Gasteiger charge is -2.36. The molecule has 0 aromatic carbocycles. The number of hydrogen-bond acceptors (Lipinski definition) is 5. The highest BCUT2D eigenvalue weighted by atomic mass is 16.3. The molecule has 26 heavy (non-hydrogen) atoms. The molecule has 1 N–H and O–H groups in total. The molecule has 1 aromatic rings. The van der Waals surface area contributed by atoms with Crippen molar-refractivity contribution in [2.24, 2.45) is 5.92 Å². The number of aromatic nitrogens is 1. The van der Waals surface area contributed by atoms with E-state index in [2.05, 4.69) is 14.8 Å². The fraction of sp³-hybridized carbons (Fsp3) is 0.700. The highest BCUT2D eigenvalue weighted by molar-refractivity contribution is 5.76. The zero-order valence-electron chi connectivity index (χ0n) is 15.7. The van der Waals surface area contributed by atoms with Crippen molar-refractivity contribution in [3.05, 3.63) is 24.4 Å². The lowest BCUT2D eigenvalue weighted by Crippen LogP contribution is -2.49. The van der Waals surface area contributed by atoms with Crippen molar-refractivity contribution in [3.8, 4) is 0 Å². The summed E-state index contributed by atoms with van der Waals surface area (Å²) in [5, 5.41) is 8.99. The van der Waals surface area contributed by atoms with Gasteiger partial charge >= 0.3 is 0 Å².